The normalized spacial score (nSPS) is 14.4. The van der Waals surface area contributed by atoms with Gasteiger partial charge in [0.1, 0.15) is 11.5 Å². The van der Waals surface area contributed by atoms with E-state index in [1.165, 1.54) is 12.1 Å². The van der Waals surface area contributed by atoms with Gasteiger partial charge in [0.15, 0.2) is 0 Å². The molecule has 0 aliphatic carbocycles. The lowest BCUT2D eigenvalue weighted by Crippen LogP contribution is -2.43. The van der Waals surface area contributed by atoms with Gasteiger partial charge in [0.2, 0.25) is 5.91 Å². The second-order valence-corrected chi connectivity index (χ2v) is 9.51. The molecule has 8 heteroatoms. The number of amides is 2. The first-order valence-corrected chi connectivity index (χ1v) is 12.2. The fourth-order valence-corrected chi connectivity index (χ4v) is 5.26. The van der Waals surface area contributed by atoms with Crippen molar-refractivity contribution in [3.8, 4) is 0 Å². The zero-order valence-corrected chi connectivity index (χ0v) is 19.4. The molecule has 1 saturated heterocycles. The van der Waals surface area contributed by atoms with Crippen LogP contribution in [-0.4, -0.2) is 39.4 Å². The van der Waals surface area contributed by atoms with E-state index < -0.39 is 0 Å². The van der Waals surface area contributed by atoms with Crippen molar-refractivity contribution in [3.05, 3.63) is 88.9 Å². The van der Waals surface area contributed by atoms with Gasteiger partial charge >= 0.3 is 0 Å². The van der Waals surface area contributed by atoms with E-state index in [1.54, 1.807) is 35.9 Å². The topological polar surface area (TPSA) is 67.2 Å². The van der Waals surface area contributed by atoms with Gasteiger partial charge in [-0.25, -0.2) is 4.39 Å². The Balaban J connectivity index is 1.25. The van der Waals surface area contributed by atoms with Crippen molar-refractivity contribution < 1.29 is 14.0 Å². The molecule has 0 bridgehead atoms. The van der Waals surface area contributed by atoms with Crippen molar-refractivity contribution in [2.45, 2.75) is 25.9 Å². The Labute approximate surface area is 201 Å². The molecule has 34 heavy (non-hydrogen) atoms. The fourth-order valence-electron chi connectivity index (χ4n) is 4.44. The summed E-state index contributed by atoms with van der Waals surface area (Å²) in [6.45, 7) is 2.03. The van der Waals surface area contributed by atoms with Crippen molar-refractivity contribution in [1.82, 2.24) is 19.8 Å². The van der Waals surface area contributed by atoms with Gasteiger partial charge in [-0.05, 0) is 59.7 Å². The number of fused-ring (bicyclic) bond motifs is 1. The fraction of sp³-hybridized carbons (Fsp3) is 0.269. The summed E-state index contributed by atoms with van der Waals surface area (Å²) >= 11 is 1.60. The highest BCUT2D eigenvalue weighted by Gasteiger charge is 2.29. The monoisotopic (exact) mass is 476 g/mol. The van der Waals surface area contributed by atoms with Crippen molar-refractivity contribution in [2.24, 2.45) is 5.92 Å². The summed E-state index contributed by atoms with van der Waals surface area (Å²) in [6, 6.07) is 14.1. The SMILES string of the molecule is O=C(NCc1cccnc1)C1CCN(C(=O)c2cc3sccc3n2Cc2ccc(F)cc2)CC1. The highest BCUT2D eigenvalue weighted by atomic mass is 32.1. The Kier molecular flexibility index (Phi) is 6.40. The molecule has 0 radical (unpaired) electrons. The summed E-state index contributed by atoms with van der Waals surface area (Å²) in [5.41, 5.74) is 3.53. The Morgan fingerprint density at radius 2 is 1.88 bits per heavy atom. The molecule has 5 rings (SSSR count). The Hall–Kier alpha value is -3.52. The number of nitrogens with one attached hydrogen (secondary N) is 1. The molecule has 6 nitrogen and oxygen atoms in total. The van der Waals surface area contributed by atoms with Crippen LogP contribution in [0.5, 0.6) is 0 Å². The van der Waals surface area contributed by atoms with Crippen molar-refractivity contribution in [3.63, 3.8) is 0 Å². The molecule has 0 unspecified atom stereocenters. The summed E-state index contributed by atoms with van der Waals surface area (Å²) in [5, 5.41) is 5.00. The number of benzene rings is 1. The Morgan fingerprint density at radius 3 is 2.62 bits per heavy atom. The molecule has 1 aliphatic heterocycles. The van der Waals surface area contributed by atoms with E-state index in [0.717, 1.165) is 21.3 Å². The van der Waals surface area contributed by atoms with Crippen LogP contribution in [0.2, 0.25) is 0 Å². The third-order valence-electron chi connectivity index (χ3n) is 6.34. The molecule has 0 saturated carbocycles. The van der Waals surface area contributed by atoms with Gasteiger partial charge in [-0.3, -0.25) is 14.6 Å². The van der Waals surface area contributed by atoms with E-state index in [-0.39, 0.29) is 23.5 Å². The molecule has 1 N–H and O–H groups in total. The van der Waals surface area contributed by atoms with Crippen LogP contribution in [0.1, 0.15) is 34.5 Å². The minimum Gasteiger partial charge on any atom is -0.352 e. The van der Waals surface area contributed by atoms with Gasteiger partial charge in [0, 0.05) is 44.5 Å². The first-order chi connectivity index (χ1) is 16.6. The van der Waals surface area contributed by atoms with E-state index in [4.69, 9.17) is 0 Å². The number of rotatable bonds is 6. The molecule has 0 atom stereocenters. The van der Waals surface area contributed by atoms with E-state index in [0.29, 0.717) is 44.7 Å². The third kappa shape index (κ3) is 4.72. The smallest absolute Gasteiger partial charge is 0.270 e. The molecular weight excluding hydrogens is 451 g/mol. The summed E-state index contributed by atoms with van der Waals surface area (Å²) < 4.78 is 16.4. The van der Waals surface area contributed by atoms with Gasteiger partial charge in [0.05, 0.1) is 10.2 Å². The van der Waals surface area contributed by atoms with Crippen LogP contribution < -0.4 is 5.32 Å². The molecule has 174 valence electrons. The van der Waals surface area contributed by atoms with Crippen molar-refractivity contribution >= 4 is 33.4 Å². The van der Waals surface area contributed by atoms with Crippen LogP contribution in [0.15, 0.2) is 66.3 Å². The van der Waals surface area contributed by atoms with Gasteiger partial charge in [-0.15, -0.1) is 11.3 Å². The van der Waals surface area contributed by atoms with E-state index in [9.17, 15) is 14.0 Å². The number of nitrogens with zero attached hydrogens (tertiary/aromatic N) is 3. The maximum Gasteiger partial charge on any atom is 0.270 e. The van der Waals surface area contributed by atoms with E-state index >= 15 is 0 Å². The predicted molar refractivity (Wildman–Crippen MR) is 130 cm³/mol. The number of pyridine rings is 1. The Bertz CT molecular complexity index is 1290. The average molecular weight is 477 g/mol. The van der Waals surface area contributed by atoms with E-state index in [2.05, 4.69) is 10.3 Å². The molecule has 1 aliphatic rings. The third-order valence-corrected chi connectivity index (χ3v) is 7.19. The van der Waals surface area contributed by atoms with Gasteiger partial charge < -0.3 is 14.8 Å². The Morgan fingerprint density at radius 1 is 1.09 bits per heavy atom. The summed E-state index contributed by atoms with van der Waals surface area (Å²) in [6.07, 6.45) is 4.72. The van der Waals surface area contributed by atoms with Crippen molar-refractivity contribution in [1.29, 1.82) is 0 Å². The molecule has 4 heterocycles. The molecule has 1 fully saturated rings. The molecule has 2 amide bonds. The molecule has 3 aromatic heterocycles. The lowest BCUT2D eigenvalue weighted by Gasteiger charge is -2.31. The standard InChI is InChI=1S/C26H25FN4O2S/c27-21-5-3-18(4-6-21)17-31-22-9-13-34-24(22)14-23(31)26(33)30-11-7-20(8-12-30)25(32)29-16-19-2-1-10-28-15-19/h1-6,9-10,13-15,20H,7-8,11-12,16-17H2,(H,29,32). The minimum atomic E-state index is -0.277. The highest BCUT2D eigenvalue weighted by Crippen LogP contribution is 2.28. The summed E-state index contributed by atoms with van der Waals surface area (Å²) in [5.74, 6) is -0.383. The second kappa shape index (κ2) is 9.77. The van der Waals surface area contributed by atoms with Crippen molar-refractivity contribution in [2.75, 3.05) is 13.1 Å². The van der Waals surface area contributed by atoms with Crippen LogP contribution in [0, 0.1) is 11.7 Å². The minimum absolute atomic E-state index is 0.0242. The number of hydrogen-bond donors (Lipinski definition) is 1. The quantitative estimate of drug-likeness (QED) is 0.447. The molecule has 4 aromatic rings. The molecule has 0 spiro atoms. The van der Waals surface area contributed by atoms with Gasteiger partial charge in [-0.1, -0.05) is 18.2 Å². The summed E-state index contributed by atoms with van der Waals surface area (Å²) in [7, 11) is 0. The maximum absolute atomic E-state index is 13.5. The largest absolute Gasteiger partial charge is 0.352 e. The average Bonchev–Trinajstić information content (AvgIpc) is 3.47. The van der Waals surface area contributed by atoms with Crippen LogP contribution in [0.3, 0.4) is 0 Å². The zero-order valence-electron chi connectivity index (χ0n) is 18.6. The van der Waals surface area contributed by atoms with Crippen LogP contribution in [0.4, 0.5) is 4.39 Å². The predicted octanol–water partition coefficient (Wildman–Crippen LogP) is 4.45. The number of likely N-dealkylation sites (tertiary alicyclic amines) is 1. The number of carbonyl (C=O) groups excluding carboxylic acids is 2. The lowest BCUT2D eigenvalue weighted by atomic mass is 9.95. The molecular formula is C26H25FN4O2S. The number of hydrogen-bond acceptors (Lipinski definition) is 4. The van der Waals surface area contributed by atoms with Crippen LogP contribution in [-0.2, 0) is 17.9 Å². The van der Waals surface area contributed by atoms with Crippen LogP contribution in [0.25, 0.3) is 10.2 Å². The first-order valence-electron chi connectivity index (χ1n) is 11.4. The summed E-state index contributed by atoms with van der Waals surface area (Å²) in [4.78, 5) is 32.0. The number of aromatic nitrogens is 2. The van der Waals surface area contributed by atoms with Crippen LogP contribution >= 0.6 is 11.3 Å². The highest BCUT2D eigenvalue weighted by molar-refractivity contribution is 7.17. The maximum atomic E-state index is 13.5. The number of thiophene rings is 1. The van der Waals surface area contributed by atoms with Gasteiger partial charge in [0.25, 0.3) is 5.91 Å². The number of piperidine rings is 1. The number of halogens is 1. The lowest BCUT2D eigenvalue weighted by molar-refractivity contribution is -0.126. The zero-order chi connectivity index (χ0) is 23.5. The van der Waals surface area contributed by atoms with E-state index in [1.807, 2.05) is 39.1 Å². The van der Waals surface area contributed by atoms with Gasteiger partial charge in [-0.2, -0.15) is 0 Å². The first kappa shape index (κ1) is 22.3. The molecule has 1 aromatic carbocycles. The second-order valence-electron chi connectivity index (χ2n) is 8.56. The number of carbonyl (C=O) groups is 2.